The lowest BCUT2D eigenvalue weighted by Gasteiger charge is -2.35. The zero-order valence-electron chi connectivity index (χ0n) is 17.3. The molecule has 0 unspecified atom stereocenters. The fourth-order valence-electron chi connectivity index (χ4n) is 4.48. The summed E-state index contributed by atoms with van der Waals surface area (Å²) in [5, 5.41) is 4.39. The van der Waals surface area contributed by atoms with Crippen molar-refractivity contribution in [2.75, 3.05) is 19.9 Å². The molecule has 9 nitrogen and oxygen atoms in total. The topological polar surface area (TPSA) is 87.8 Å². The molecule has 1 fully saturated rings. The number of aromatic nitrogens is 3. The Morgan fingerprint density at radius 1 is 1.13 bits per heavy atom. The summed E-state index contributed by atoms with van der Waals surface area (Å²) < 4.78 is 19.9. The number of benzene rings is 1. The molecule has 3 aliphatic rings. The molecule has 1 aromatic carbocycles. The zero-order chi connectivity index (χ0) is 20.9. The van der Waals surface area contributed by atoms with Crippen molar-refractivity contribution < 1.29 is 14.2 Å². The molecule has 9 heteroatoms. The number of rotatable bonds is 4. The average molecular weight is 414 g/mol. The van der Waals surface area contributed by atoms with Crippen molar-refractivity contribution in [2.45, 2.75) is 52.1 Å². The molecule has 0 bridgehead atoms. The van der Waals surface area contributed by atoms with E-state index in [4.69, 9.17) is 14.2 Å². The van der Waals surface area contributed by atoms with Gasteiger partial charge in [-0.05, 0) is 30.0 Å². The number of hydrogen-bond donors (Lipinski definition) is 0. The minimum atomic E-state index is -0.556. The maximum atomic E-state index is 12.7. The van der Waals surface area contributed by atoms with Crippen molar-refractivity contribution in [1.29, 1.82) is 0 Å². The molecule has 5 rings (SSSR count). The second-order valence-corrected chi connectivity index (χ2v) is 8.81. The summed E-state index contributed by atoms with van der Waals surface area (Å²) >= 11 is 0. The quantitative estimate of drug-likeness (QED) is 0.689. The summed E-state index contributed by atoms with van der Waals surface area (Å²) in [6, 6.07) is 5.99. The summed E-state index contributed by atoms with van der Waals surface area (Å²) in [7, 11) is 0. The van der Waals surface area contributed by atoms with Crippen LogP contribution >= 0.6 is 0 Å². The van der Waals surface area contributed by atoms with Crippen LogP contribution in [0.15, 0.2) is 27.8 Å². The monoisotopic (exact) mass is 414 g/mol. The Kier molecular flexibility index (Phi) is 4.67. The molecule has 0 N–H and O–H groups in total. The first kappa shape index (κ1) is 19.3. The predicted octanol–water partition coefficient (Wildman–Crippen LogP) is 0.965. The van der Waals surface area contributed by atoms with Gasteiger partial charge in [0.15, 0.2) is 17.3 Å². The van der Waals surface area contributed by atoms with E-state index in [1.54, 1.807) is 0 Å². The second-order valence-electron chi connectivity index (χ2n) is 8.81. The molecule has 1 saturated heterocycles. The molecule has 3 aliphatic heterocycles. The molecule has 2 aromatic rings. The highest BCUT2D eigenvalue weighted by Crippen LogP contribution is 2.35. The lowest BCUT2D eigenvalue weighted by Crippen LogP contribution is -2.53. The van der Waals surface area contributed by atoms with Crippen LogP contribution in [0, 0.1) is 5.92 Å². The van der Waals surface area contributed by atoms with E-state index in [0.29, 0.717) is 25.5 Å². The largest absolute Gasteiger partial charge is 0.454 e. The van der Waals surface area contributed by atoms with E-state index < -0.39 is 16.7 Å². The normalized spacial score (nSPS) is 22.8. The zero-order valence-corrected chi connectivity index (χ0v) is 17.3. The van der Waals surface area contributed by atoms with Crippen molar-refractivity contribution in [2.24, 2.45) is 5.92 Å². The van der Waals surface area contributed by atoms with Gasteiger partial charge in [-0.2, -0.15) is 5.10 Å². The Morgan fingerprint density at radius 2 is 1.97 bits per heavy atom. The molecular formula is C21H26N4O5. The number of fused-ring (bicyclic) bond motifs is 2. The van der Waals surface area contributed by atoms with E-state index in [0.717, 1.165) is 36.6 Å². The molecule has 0 amide bonds. The highest BCUT2D eigenvalue weighted by atomic mass is 16.7. The summed E-state index contributed by atoms with van der Waals surface area (Å²) in [6.45, 7) is 7.59. The van der Waals surface area contributed by atoms with Gasteiger partial charge >= 0.3 is 11.1 Å². The third-order valence-electron chi connectivity index (χ3n) is 5.94. The number of likely N-dealkylation sites (tertiary alicyclic amines) is 1. The van der Waals surface area contributed by atoms with Crippen molar-refractivity contribution in [3.8, 4) is 11.5 Å². The van der Waals surface area contributed by atoms with Gasteiger partial charge in [-0.25, -0.2) is 4.68 Å². The number of hydrogen-bond acceptors (Lipinski definition) is 7. The highest BCUT2D eigenvalue weighted by molar-refractivity contribution is 5.44. The Morgan fingerprint density at radius 3 is 2.80 bits per heavy atom. The van der Waals surface area contributed by atoms with E-state index in [-0.39, 0.29) is 19.3 Å². The SMILES string of the molecule is CC(C)Cn1nc2n(c(=O)c1=O)C[C@@]1(CCN(Cc3ccc4c(c3)OCO4)C1)OC2. The van der Waals surface area contributed by atoms with E-state index >= 15 is 0 Å². The van der Waals surface area contributed by atoms with Crippen molar-refractivity contribution >= 4 is 0 Å². The molecule has 0 radical (unpaired) electrons. The number of ether oxygens (including phenoxy) is 3. The summed E-state index contributed by atoms with van der Waals surface area (Å²) in [5.74, 6) is 2.31. The Bertz CT molecular complexity index is 1090. The first-order valence-corrected chi connectivity index (χ1v) is 10.4. The van der Waals surface area contributed by atoms with Gasteiger partial charge < -0.3 is 14.2 Å². The van der Waals surface area contributed by atoms with Gasteiger partial charge in [-0.15, -0.1) is 0 Å². The first-order chi connectivity index (χ1) is 14.4. The van der Waals surface area contributed by atoms with Crippen LogP contribution < -0.4 is 20.6 Å². The van der Waals surface area contributed by atoms with Crippen molar-refractivity contribution in [3.63, 3.8) is 0 Å². The minimum absolute atomic E-state index is 0.230. The van der Waals surface area contributed by atoms with Gasteiger partial charge in [0.25, 0.3) is 0 Å². The highest BCUT2D eigenvalue weighted by Gasteiger charge is 2.43. The van der Waals surface area contributed by atoms with Crippen LogP contribution in [0.1, 0.15) is 31.7 Å². The molecule has 0 saturated carbocycles. The van der Waals surface area contributed by atoms with Gasteiger partial charge in [-0.3, -0.25) is 19.1 Å². The fourth-order valence-corrected chi connectivity index (χ4v) is 4.48. The minimum Gasteiger partial charge on any atom is -0.454 e. The van der Waals surface area contributed by atoms with Gasteiger partial charge in [0.1, 0.15) is 12.2 Å². The van der Waals surface area contributed by atoms with Gasteiger partial charge in [-0.1, -0.05) is 19.9 Å². The fraction of sp³-hybridized carbons (Fsp3) is 0.571. The van der Waals surface area contributed by atoms with Crippen molar-refractivity contribution in [3.05, 3.63) is 50.3 Å². The van der Waals surface area contributed by atoms with Crippen LogP contribution in [0.2, 0.25) is 0 Å². The maximum absolute atomic E-state index is 12.7. The van der Waals surface area contributed by atoms with E-state index in [1.165, 1.54) is 9.25 Å². The molecule has 1 atom stereocenters. The van der Waals surface area contributed by atoms with Crippen LogP contribution in [0.25, 0.3) is 0 Å². The van der Waals surface area contributed by atoms with Crippen molar-refractivity contribution in [1.82, 2.24) is 19.2 Å². The van der Waals surface area contributed by atoms with Crippen LogP contribution in [0.5, 0.6) is 11.5 Å². The van der Waals surface area contributed by atoms with E-state index in [2.05, 4.69) is 10.00 Å². The molecular weight excluding hydrogens is 388 g/mol. The van der Waals surface area contributed by atoms with Crippen LogP contribution in [0.4, 0.5) is 0 Å². The van der Waals surface area contributed by atoms with E-state index in [1.807, 2.05) is 32.0 Å². The summed E-state index contributed by atoms with van der Waals surface area (Å²) in [4.78, 5) is 27.5. The maximum Gasteiger partial charge on any atom is 0.332 e. The second kappa shape index (κ2) is 7.24. The van der Waals surface area contributed by atoms with Gasteiger partial charge in [0.2, 0.25) is 6.79 Å². The summed E-state index contributed by atoms with van der Waals surface area (Å²) in [6.07, 6.45) is 0.804. The average Bonchev–Trinajstić information content (AvgIpc) is 3.33. The molecule has 160 valence electrons. The Balaban J connectivity index is 1.33. The third kappa shape index (κ3) is 3.41. The Hall–Kier alpha value is -2.65. The molecule has 30 heavy (non-hydrogen) atoms. The van der Waals surface area contributed by atoms with Crippen LogP contribution in [-0.2, 0) is 31.0 Å². The van der Waals surface area contributed by atoms with Gasteiger partial charge in [0, 0.05) is 26.2 Å². The smallest absolute Gasteiger partial charge is 0.332 e. The summed E-state index contributed by atoms with van der Waals surface area (Å²) in [5.41, 5.74) is -0.383. The van der Waals surface area contributed by atoms with Gasteiger partial charge in [0.05, 0.1) is 6.54 Å². The lowest BCUT2D eigenvalue weighted by molar-refractivity contribution is -0.0859. The molecule has 1 aromatic heterocycles. The number of nitrogens with zero attached hydrogens (tertiary/aromatic N) is 4. The molecule has 4 heterocycles. The Labute approximate surface area is 173 Å². The molecule has 0 aliphatic carbocycles. The predicted molar refractivity (Wildman–Crippen MR) is 108 cm³/mol. The lowest BCUT2D eigenvalue weighted by atomic mass is 10.0. The van der Waals surface area contributed by atoms with E-state index in [9.17, 15) is 9.59 Å². The third-order valence-corrected chi connectivity index (χ3v) is 5.94. The molecule has 1 spiro atoms. The first-order valence-electron chi connectivity index (χ1n) is 10.4. The standard InChI is InChI=1S/C21H26N4O5/c1-14(2)8-25-20(27)19(26)24-12-21(30-10-18(24)22-25)5-6-23(11-21)9-15-3-4-16-17(7-15)29-13-28-16/h3-4,7,14H,5-6,8-13H2,1-2H3/t21-/m0/s1. The van der Waals surface area contributed by atoms with Crippen LogP contribution in [-0.4, -0.2) is 44.7 Å². The van der Waals surface area contributed by atoms with Crippen LogP contribution in [0.3, 0.4) is 0 Å².